The molecule has 1 heterocycles. The van der Waals surface area contributed by atoms with Crippen molar-refractivity contribution in [1.29, 1.82) is 0 Å². The van der Waals surface area contributed by atoms with E-state index in [0.29, 0.717) is 0 Å². The molecule has 2 nitrogen and oxygen atoms in total. The Morgan fingerprint density at radius 2 is 2.06 bits per heavy atom. The molecule has 1 saturated heterocycles. The number of halogens is 1. The normalized spacial score (nSPS) is 26.2. The van der Waals surface area contributed by atoms with Crippen LogP contribution in [-0.2, 0) is 0 Å². The second kappa shape index (κ2) is 5.62. The molecule has 1 aromatic rings. The molecule has 18 heavy (non-hydrogen) atoms. The summed E-state index contributed by atoms with van der Waals surface area (Å²) >= 11 is 3.63. The van der Waals surface area contributed by atoms with Crippen molar-refractivity contribution in [2.24, 2.45) is 11.8 Å². The van der Waals surface area contributed by atoms with Crippen LogP contribution in [0.25, 0.3) is 0 Å². The van der Waals surface area contributed by atoms with Gasteiger partial charge in [0.2, 0.25) is 0 Å². The van der Waals surface area contributed by atoms with Gasteiger partial charge in [-0.25, -0.2) is 0 Å². The van der Waals surface area contributed by atoms with E-state index < -0.39 is 6.10 Å². The molecule has 0 saturated carbocycles. The smallest absolute Gasteiger partial charge is 0.0762 e. The third-order valence-corrected chi connectivity index (χ3v) is 4.76. The summed E-state index contributed by atoms with van der Waals surface area (Å²) in [5.41, 5.74) is 2.21. The lowest BCUT2D eigenvalue weighted by molar-refractivity contribution is 0.199. The van der Waals surface area contributed by atoms with Crippen molar-refractivity contribution in [3.8, 4) is 0 Å². The van der Waals surface area contributed by atoms with E-state index in [1.165, 1.54) is 12.1 Å². The number of rotatable bonds is 2. The van der Waals surface area contributed by atoms with Gasteiger partial charge in [-0.3, -0.25) is 0 Å². The van der Waals surface area contributed by atoms with E-state index in [9.17, 15) is 5.11 Å². The van der Waals surface area contributed by atoms with Crippen LogP contribution >= 0.6 is 15.9 Å². The molecule has 0 spiro atoms. The zero-order chi connectivity index (χ0) is 13.3. The highest BCUT2D eigenvalue weighted by Gasteiger charge is 2.24. The maximum Gasteiger partial charge on any atom is 0.0762 e. The Bertz CT molecular complexity index is 419. The zero-order valence-corrected chi connectivity index (χ0v) is 12.9. The fourth-order valence-corrected chi connectivity index (χ4v) is 3.17. The van der Waals surface area contributed by atoms with Gasteiger partial charge in [-0.05, 0) is 58.8 Å². The van der Waals surface area contributed by atoms with Crippen LogP contribution in [0.15, 0.2) is 22.7 Å². The van der Waals surface area contributed by atoms with Gasteiger partial charge in [-0.1, -0.05) is 19.9 Å². The van der Waals surface area contributed by atoms with Gasteiger partial charge in [0.25, 0.3) is 0 Å². The predicted octanol–water partition coefficient (Wildman–Crippen LogP) is 3.98. The minimum Gasteiger partial charge on any atom is -0.389 e. The fourth-order valence-electron chi connectivity index (χ4n) is 2.52. The van der Waals surface area contributed by atoms with Crippen LogP contribution in [0.2, 0.25) is 0 Å². The SMILES string of the molecule is CC1CCN(c2ccc([C@@H](C)O)cc2Br)CC1C. The number of aliphatic hydroxyl groups is 1. The molecule has 0 bridgehead atoms. The van der Waals surface area contributed by atoms with Crippen molar-refractivity contribution in [2.45, 2.75) is 33.3 Å². The Kier molecular flexibility index (Phi) is 4.33. The molecule has 100 valence electrons. The Morgan fingerprint density at radius 3 is 2.61 bits per heavy atom. The molecule has 0 aromatic heterocycles. The Morgan fingerprint density at radius 1 is 1.33 bits per heavy atom. The lowest BCUT2D eigenvalue weighted by Crippen LogP contribution is -2.38. The zero-order valence-electron chi connectivity index (χ0n) is 11.4. The summed E-state index contributed by atoms with van der Waals surface area (Å²) in [7, 11) is 0. The largest absolute Gasteiger partial charge is 0.389 e. The molecule has 1 aliphatic rings. The Hall–Kier alpha value is -0.540. The monoisotopic (exact) mass is 311 g/mol. The first-order chi connectivity index (χ1) is 8.49. The third-order valence-electron chi connectivity index (χ3n) is 4.13. The van der Waals surface area contributed by atoms with Gasteiger partial charge >= 0.3 is 0 Å². The second-order valence-electron chi connectivity index (χ2n) is 5.58. The number of benzene rings is 1. The molecule has 3 atom stereocenters. The van der Waals surface area contributed by atoms with Gasteiger partial charge in [0.1, 0.15) is 0 Å². The molecule has 1 aromatic carbocycles. The molecule has 2 rings (SSSR count). The first kappa shape index (κ1) is 13.9. The molecule has 0 amide bonds. The highest BCUT2D eigenvalue weighted by molar-refractivity contribution is 9.10. The second-order valence-corrected chi connectivity index (χ2v) is 6.43. The lowest BCUT2D eigenvalue weighted by Gasteiger charge is -2.37. The predicted molar refractivity (Wildman–Crippen MR) is 79.9 cm³/mol. The summed E-state index contributed by atoms with van der Waals surface area (Å²) in [4.78, 5) is 2.45. The topological polar surface area (TPSA) is 23.5 Å². The number of nitrogens with zero attached hydrogens (tertiary/aromatic N) is 1. The quantitative estimate of drug-likeness (QED) is 0.893. The standard InChI is InChI=1S/C15H22BrNO/c1-10-6-7-17(9-11(10)2)15-5-4-13(12(3)18)8-14(15)16/h4-5,8,10-12,18H,6-7,9H2,1-3H3/t10?,11?,12-/m1/s1. The molecule has 1 N–H and O–H groups in total. The van der Waals surface area contributed by atoms with Crippen molar-refractivity contribution < 1.29 is 5.11 Å². The maximum atomic E-state index is 9.59. The van der Waals surface area contributed by atoms with Gasteiger partial charge in [-0.15, -0.1) is 0 Å². The summed E-state index contributed by atoms with van der Waals surface area (Å²) in [6, 6.07) is 6.17. The molecule has 1 fully saturated rings. The first-order valence-corrected chi connectivity index (χ1v) is 7.50. The van der Waals surface area contributed by atoms with E-state index >= 15 is 0 Å². The highest BCUT2D eigenvalue weighted by atomic mass is 79.9. The van der Waals surface area contributed by atoms with E-state index in [2.05, 4.69) is 40.7 Å². The van der Waals surface area contributed by atoms with Crippen LogP contribution in [0, 0.1) is 11.8 Å². The molecular formula is C15H22BrNO. The van der Waals surface area contributed by atoms with Crippen molar-refractivity contribution in [2.75, 3.05) is 18.0 Å². The van der Waals surface area contributed by atoms with E-state index in [1.54, 1.807) is 6.92 Å². The van der Waals surface area contributed by atoms with Crippen LogP contribution < -0.4 is 4.90 Å². The van der Waals surface area contributed by atoms with Crippen LogP contribution in [0.1, 0.15) is 38.9 Å². The molecule has 1 aliphatic heterocycles. The molecule has 2 unspecified atom stereocenters. The van der Waals surface area contributed by atoms with Crippen molar-refractivity contribution in [1.82, 2.24) is 0 Å². The number of anilines is 1. The average Bonchev–Trinajstić information content (AvgIpc) is 2.32. The summed E-state index contributed by atoms with van der Waals surface area (Å²) in [5, 5.41) is 9.59. The van der Waals surface area contributed by atoms with Crippen molar-refractivity contribution >= 4 is 21.6 Å². The third kappa shape index (κ3) is 2.89. The minimum absolute atomic E-state index is 0.407. The first-order valence-electron chi connectivity index (χ1n) is 6.71. The van der Waals surface area contributed by atoms with Crippen molar-refractivity contribution in [3.63, 3.8) is 0 Å². The lowest BCUT2D eigenvalue weighted by atomic mass is 9.88. The minimum atomic E-state index is -0.407. The van der Waals surface area contributed by atoms with E-state index in [-0.39, 0.29) is 0 Å². The van der Waals surface area contributed by atoms with E-state index in [0.717, 1.165) is 35.0 Å². The Balaban J connectivity index is 2.19. The summed E-state index contributed by atoms with van der Waals surface area (Å²) in [5.74, 6) is 1.55. The fraction of sp³-hybridized carbons (Fsp3) is 0.600. The average molecular weight is 312 g/mol. The number of aliphatic hydroxyl groups excluding tert-OH is 1. The van der Waals surface area contributed by atoms with Crippen LogP contribution in [0.5, 0.6) is 0 Å². The van der Waals surface area contributed by atoms with Crippen LogP contribution in [0.4, 0.5) is 5.69 Å². The summed E-state index contributed by atoms with van der Waals surface area (Å²) < 4.78 is 1.09. The van der Waals surface area contributed by atoms with Gasteiger partial charge in [0, 0.05) is 17.6 Å². The van der Waals surface area contributed by atoms with Gasteiger partial charge in [0.15, 0.2) is 0 Å². The van der Waals surface area contributed by atoms with E-state index in [1.807, 2.05) is 12.1 Å². The van der Waals surface area contributed by atoms with Gasteiger partial charge in [0.05, 0.1) is 11.8 Å². The maximum absolute atomic E-state index is 9.59. The highest BCUT2D eigenvalue weighted by Crippen LogP contribution is 2.33. The van der Waals surface area contributed by atoms with Crippen LogP contribution in [-0.4, -0.2) is 18.2 Å². The molecule has 3 heteroatoms. The molecular weight excluding hydrogens is 290 g/mol. The molecule has 0 aliphatic carbocycles. The summed E-state index contributed by atoms with van der Waals surface area (Å²) in [6.45, 7) is 8.71. The number of hydrogen-bond donors (Lipinski definition) is 1. The number of hydrogen-bond acceptors (Lipinski definition) is 2. The van der Waals surface area contributed by atoms with Crippen molar-refractivity contribution in [3.05, 3.63) is 28.2 Å². The van der Waals surface area contributed by atoms with E-state index in [4.69, 9.17) is 0 Å². The number of piperidine rings is 1. The van der Waals surface area contributed by atoms with Gasteiger partial charge in [-0.2, -0.15) is 0 Å². The van der Waals surface area contributed by atoms with Gasteiger partial charge < -0.3 is 10.0 Å². The van der Waals surface area contributed by atoms with Crippen LogP contribution in [0.3, 0.4) is 0 Å². The molecule has 0 radical (unpaired) electrons. The Labute approximate surface area is 118 Å². The summed E-state index contributed by atoms with van der Waals surface area (Å²) in [6.07, 6.45) is 0.849.